The van der Waals surface area contributed by atoms with E-state index in [4.69, 9.17) is 11.6 Å². The number of nitrogens with zero attached hydrogens (tertiary/aromatic N) is 1. The van der Waals surface area contributed by atoms with Gasteiger partial charge in [-0.3, -0.25) is 0 Å². The van der Waals surface area contributed by atoms with E-state index in [-0.39, 0.29) is 0 Å². The fraction of sp³-hybridized carbons (Fsp3) is 0.500. The average molecular weight is 143 g/mol. The Morgan fingerprint density at radius 3 is 3.00 bits per heavy atom. The first-order chi connectivity index (χ1) is 4.31. The van der Waals surface area contributed by atoms with E-state index in [0.717, 1.165) is 12.2 Å². The first-order valence-electron chi connectivity index (χ1n) is 2.56. The molecule has 0 aliphatic carbocycles. The summed E-state index contributed by atoms with van der Waals surface area (Å²) in [7, 11) is 0. The monoisotopic (exact) mass is 143 g/mol. The Hall–Kier alpha value is -0.620. The number of rotatable bonds is 2. The van der Waals surface area contributed by atoms with Gasteiger partial charge < -0.3 is 5.21 Å². The summed E-state index contributed by atoms with van der Waals surface area (Å²) >= 11 is 1.46. The summed E-state index contributed by atoms with van der Waals surface area (Å²) in [6.45, 7) is 1.74. The van der Waals surface area contributed by atoms with Gasteiger partial charge in [-0.1, -0.05) is 5.16 Å². The molecule has 0 radical (unpaired) electrons. The largest absolute Gasteiger partial charge is 0.410 e. The number of terminal acetylenes is 1. The summed E-state index contributed by atoms with van der Waals surface area (Å²) in [6.07, 6.45) is 5.71. The van der Waals surface area contributed by atoms with Gasteiger partial charge in [0.1, 0.15) is 5.04 Å². The van der Waals surface area contributed by atoms with Crippen molar-refractivity contribution < 1.29 is 5.21 Å². The van der Waals surface area contributed by atoms with Crippen LogP contribution in [0.1, 0.15) is 13.3 Å². The van der Waals surface area contributed by atoms with Crippen molar-refractivity contribution in [1.82, 2.24) is 0 Å². The SMILES string of the molecule is C#CCCSC(C)=NO. The molecule has 2 nitrogen and oxygen atoms in total. The minimum Gasteiger partial charge on any atom is -0.410 e. The van der Waals surface area contributed by atoms with Crippen molar-refractivity contribution in [1.29, 1.82) is 0 Å². The second kappa shape index (κ2) is 5.52. The molecule has 0 aromatic heterocycles. The van der Waals surface area contributed by atoms with Crippen LogP contribution < -0.4 is 0 Å². The standard InChI is InChI=1S/C6H9NOS/c1-3-4-5-9-6(2)7-8/h1,8H,4-5H2,2H3. The van der Waals surface area contributed by atoms with Gasteiger partial charge in [0.25, 0.3) is 0 Å². The van der Waals surface area contributed by atoms with E-state index >= 15 is 0 Å². The van der Waals surface area contributed by atoms with Gasteiger partial charge in [-0.25, -0.2) is 0 Å². The number of hydrogen-bond acceptors (Lipinski definition) is 3. The lowest BCUT2D eigenvalue weighted by Gasteiger charge is -1.91. The van der Waals surface area contributed by atoms with E-state index in [2.05, 4.69) is 11.1 Å². The van der Waals surface area contributed by atoms with E-state index in [9.17, 15) is 0 Å². The smallest absolute Gasteiger partial charge is 0.109 e. The minimum atomic E-state index is 0.658. The lowest BCUT2D eigenvalue weighted by atomic mass is 10.5. The van der Waals surface area contributed by atoms with Gasteiger partial charge in [-0.15, -0.1) is 24.1 Å². The topological polar surface area (TPSA) is 32.6 Å². The first-order valence-corrected chi connectivity index (χ1v) is 3.54. The van der Waals surface area contributed by atoms with Crippen LogP contribution in [0.2, 0.25) is 0 Å². The molecule has 0 fully saturated rings. The van der Waals surface area contributed by atoms with Crippen molar-refractivity contribution in [2.24, 2.45) is 5.16 Å². The van der Waals surface area contributed by atoms with Gasteiger partial charge in [0.05, 0.1) is 0 Å². The van der Waals surface area contributed by atoms with Crippen LogP contribution in [0.3, 0.4) is 0 Å². The van der Waals surface area contributed by atoms with Gasteiger partial charge in [0.2, 0.25) is 0 Å². The zero-order valence-electron chi connectivity index (χ0n) is 5.29. The molecule has 1 N–H and O–H groups in total. The van der Waals surface area contributed by atoms with Crippen LogP contribution in [0.25, 0.3) is 0 Å². The number of oxime groups is 1. The highest BCUT2D eigenvalue weighted by molar-refractivity contribution is 8.13. The molecule has 0 unspecified atom stereocenters. The van der Waals surface area contributed by atoms with Gasteiger partial charge in [0.15, 0.2) is 0 Å². The van der Waals surface area contributed by atoms with Crippen molar-refractivity contribution >= 4 is 16.8 Å². The normalized spacial score (nSPS) is 10.9. The van der Waals surface area contributed by atoms with E-state index in [1.165, 1.54) is 11.8 Å². The van der Waals surface area contributed by atoms with Crippen LogP contribution >= 0.6 is 11.8 Å². The Balaban J connectivity index is 3.20. The molecule has 0 aliphatic rings. The molecule has 9 heavy (non-hydrogen) atoms. The maximum atomic E-state index is 8.15. The quantitative estimate of drug-likeness (QED) is 0.159. The summed E-state index contributed by atoms with van der Waals surface area (Å²) in [4.78, 5) is 0. The molecule has 0 aromatic rings. The average Bonchev–Trinajstić information content (AvgIpc) is 1.89. The van der Waals surface area contributed by atoms with Gasteiger partial charge in [-0.2, -0.15) is 0 Å². The highest BCUT2D eigenvalue weighted by atomic mass is 32.2. The summed E-state index contributed by atoms with van der Waals surface area (Å²) in [5.74, 6) is 3.32. The first kappa shape index (κ1) is 8.38. The fourth-order valence-corrected chi connectivity index (χ4v) is 0.860. The molecule has 0 bridgehead atoms. The molecule has 0 heterocycles. The third-order valence-corrected chi connectivity index (χ3v) is 1.61. The van der Waals surface area contributed by atoms with Crippen molar-refractivity contribution in [2.75, 3.05) is 5.75 Å². The predicted octanol–water partition coefficient (Wildman–Crippen LogP) is 1.55. The Morgan fingerprint density at radius 1 is 1.89 bits per heavy atom. The van der Waals surface area contributed by atoms with Gasteiger partial charge in [0, 0.05) is 12.2 Å². The van der Waals surface area contributed by atoms with Crippen LogP contribution in [0.15, 0.2) is 5.16 Å². The molecular weight excluding hydrogens is 134 g/mol. The molecule has 50 valence electrons. The zero-order chi connectivity index (χ0) is 7.11. The minimum absolute atomic E-state index is 0.658. The van der Waals surface area contributed by atoms with E-state index in [1.807, 2.05) is 0 Å². The molecule has 0 saturated carbocycles. The van der Waals surface area contributed by atoms with Gasteiger partial charge in [-0.05, 0) is 6.92 Å². The third kappa shape index (κ3) is 5.25. The summed E-state index contributed by atoms with van der Waals surface area (Å²) < 4.78 is 0. The molecule has 0 aromatic carbocycles. The van der Waals surface area contributed by atoms with E-state index in [0.29, 0.717) is 5.04 Å². The Labute approximate surface area is 59.3 Å². The zero-order valence-corrected chi connectivity index (χ0v) is 6.11. The maximum Gasteiger partial charge on any atom is 0.109 e. The molecule has 0 saturated heterocycles. The van der Waals surface area contributed by atoms with Gasteiger partial charge >= 0.3 is 0 Å². The van der Waals surface area contributed by atoms with Crippen molar-refractivity contribution in [3.05, 3.63) is 0 Å². The van der Waals surface area contributed by atoms with Crippen molar-refractivity contribution in [3.63, 3.8) is 0 Å². The van der Waals surface area contributed by atoms with Crippen LogP contribution in [0, 0.1) is 12.3 Å². The Morgan fingerprint density at radius 2 is 2.56 bits per heavy atom. The molecule has 0 spiro atoms. The number of hydrogen-bond donors (Lipinski definition) is 1. The van der Waals surface area contributed by atoms with Crippen LogP contribution in [0.5, 0.6) is 0 Å². The second-order valence-corrected chi connectivity index (χ2v) is 2.71. The van der Waals surface area contributed by atoms with E-state index < -0.39 is 0 Å². The Kier molecular flexibility index (Phi) is 5.14. The Bertz CT molecular complexity index is 136. The second-order valence-electron chi connectivity index (χ2n) is 1.42. The third-order valence-electron chi connectivity index (χ3n) is 0.698. The fourth-order valence-electron chi connectivity index (χ4n) is 0.287. The lowest BCUT2D eigenvalue weighted by molar-refractivity contribution is 0.320. The molecule has 0 amide bonds. The van der Waals surface area contributed by atoms with Crippen LogP contribution in [0.4, 0.5) is 0 Å². The predicted molar refractivity (Wildman–Crippen MR) is 40.8 cm³/mol. The summed E-state index contributed by atoms with van der Waals surface area (Å²) in [5.41, 5.74) is 0. The van der Waals surface area contributed by atoms with Crippen molar-refractivity contribution in [2.45, 2.75) is 13.3 Å². The molecular formula is C6H9NOS. The summed E-state index contributed by atoms with van der Waals surface area (Å²) in [5, 5.41) is 11.8. The van der Waals surface area contributed by atoms with Crippen LogP contribution in [-0.4, -0.2) is 16.0 Å². The maximum absolute atomic E-state index is 8.15. The highest BCUT2D eigenvalue weighted by Crippen LogP contribution is 2.03. The molecule has 3 heteroatoms. The van der Waals surface area contributed by atoms with E-state index in [1.54, 1.807) is 6.92 Å². The molecule has 0 atom stereocenters. The summed E-state index contributed by atoms with van der Waals surface area (Å²) in [6, 6.07) is 0. The molecule has 0 rings (SSSR count). The highest BCUT2D eigenvalue weighted by Gasteiger charge is 1.89. The van der Waals surface area contributed by atoms with Crippen molar-refractivity contribution in [3.8, 4) is 12.3 Å². The van der Waals surface area contributed by atoms with Crippen LogP contribution in [-0.2, 0) is 0 Å². The number of thioether (sulfide) groups is 1. The molecule has 0 aliphatic heterocycles. The lowest BCUT2D eigenvalue weighted by Crippen LogP contribution is -1.85.